The third kappa shape index (κ3) is 2.63. The number of nitrogens with two attached hydrogens (primary N) is 1. The standard InChI is InChI=1S/C6H7F8NO3S/c7-3(1-2-16,19(15,17)18)4(8,9)5(10,11)6(12,13)14/h16H,1-2H2,(H2,15,17,18). The summed E-state index contributed by atoms with van der Waals surface area (Å²) in [6, 6.07) is 0. The summed E-state index contributed by atoms with van der Waals surface area (Å²) in [7, 11) is -6.18. The summed E-state index contributed by atoms with van der Waals surface area (Å²) in [5, 5.41) is 6.63. The van der Waals surface area contributed by atoms with E-state index in [1.807, 2.05) is 0 Å². The molecule has 3 N–H and O–H groups in total. The van der Waals surface area contributed by atoms with Gasteiger partial charge in [-0.2, -0.15) is 30.7 Å². The summed E-state index contributed by atoms with van der Waals surface area (Å²) in [5.74, 6) is -13.7. The topological polar surface area (TPSA) is 80.4 Å². The number of alkyl halides is 8. The number of hydrogen-bond donors (Lipinski definition) is 2. The second-order valence-corrected chi connectivity index (χ2v) is 5.13. The van der Waals surface area contributed by atoms with Gasteiger partial charge in [-0.05, 0) is 0 Å². The molecule has 0 aromatic carbocycles. The van der Waals surface area contributed by atoms with Gasteiger partial charge in [0.15, 0.2) is 0 Å². The van der Waals surface area contributed by atoms with Crippen molar-refractivity contribution in [1.82, 2.24) is 0 Å². The molecule has 0 aliphatic rings. The van der Waals surface area contributed by atoms with Crippen LogP contribution in [0, 0.1) is 0 Å². The van der Waals surface area contributed by atoms with Gasteiger partial charge in [-0.15, -0.1) is 0 Å². The van der Waals surface area contributed by atoms with E-state index in [1.54, 1.807) is 0 Å². The normalized spacial score (nSPS) is 18.2. The quantitative estimate of drug-likeness (QED) is 0.744. The number of rotatable bonds is 5. The Kier molecular flexibility index (Phi) is 4.53. The molecule has 0 spiro atoms. The fourth-order valence-corrected chi connectivity index (χ4v) is 1.90. The van der Waals surface area contributed by atoms with E-state index in [9.17, 15) is 43.5 Å². The number of aliphatic hydroxyl groups excluding tert-OH is 1. The Labute approximate surface area is 101 Å². The average Bonchev–Trinajstić information content (AvgIpc) is 2.13. The highest BCUT2D eigenvalue weighted by molar-refractivity contribution is 7.90. The van der Waals surface area contributed by atoms with Gasteiger partial charge in [-0.1, -0.05) is 0 Å². The highest BCUT2D eigenvalue weighted by Crippen LogP contribution is 2.54. The minimum absolute atomic E-state index is 1.75. The SMILES string of the molecule is NS(=O)(=O)C(F)(CCO)C(F)(F)C(F)(F)C(F)(F)F. The zero-order chi connectivity index (χ0) is 15.9. The van der Waals surface area contributed by atoms with Crippen LogP contribution >= 0.6 is 0 Å². The molecule has 116 valence electrons. The van der Waals surface area contributed by atoms with Gasteiger partial charge in [0.1, 0.15) is 0 Å². The van der Waals surface area contributed by atoms with Gasteiger partial charge in [-0.3, -0.25) is 0 Å². The van der Waals surface area contributed by atoms with Crippen molar-refractivity contribution >= 4 is 10.0 Å². The van der Waals surface area contributed by atoms with Crippen LogP contribution in [0.5, 0.6) is 0 Å². The minimum atomic E-state index is -7.00. The van der Waals surface area contributed by atoms with Crippen molar-refractivity contribution < 1.29 is 48.6 Å². The predicted molar refractivity (Wildman–Crippen MR) is 44.6 cm³/mol. The summed E-state index contributed by atoms with van der Waals surface area (Å²) >= 11 is 0. The van der Waals surface area contributed by atoms with Crippen LogP contribution in [0.15, 0.2) is 0 Å². The van der Waals surface area contributed by atoms with Crippen molar-refractivity contribution in [2.75, 3.05) is 6.61 Å². The van der Waals surface area contributed by atoms with Crippen LogP contribution in [0.2, 0.25) is 0 Å². The summed E-state index contributed by atoms with van der Waals surface area (Å²) in [4.78, 5) is 0. The highest BCUT2D eigenvalue weighted by Gasteiger charge is 2.83. The van der Waals surface area contributed by atoms with Crippen LogP contribution in [0.25, 0.3) is 0 Å². The molecule has 0 aliphatic heterocycles. The molecule has 0 aromatic heterocycles. The fraction of sp³-hybridized carbons (Fsp3) is 1.00. The number of hydrogen-bond acceptors (Lipinski definition) is 3. The molecule has 1 atom stereocenters. The molecule has 4 nitrogen and oxygen atoms in total. The second kappa shape index (κ2) is 4.70. The summed E-state index contributed by atoms with van der Waals surface area (Å²) in [6.07, 6.45) is -9.18. The number of primary sulfonamides is 1. The lowest BCUT2D eigenvalue weighted by atomic mass is 10.0. The lowest BCUT2D eigenvalue weighted by molar-refractivity contribution is -0.371. The lowest BCUT2D eigenvalue weighted by Gasteiger charge is -2.36. The van der Waals surface area contributed by atoms with Gasteiger partial charge in [0.25, 0.3) is 15.0 Å². The zero-order valence-corrected chi connectivity index (χ0v) is 9.50. The molecule has 0 saturated heterocycles. The molecule has 0 heterocycles. The van der Waals surface area contributed by atoms with Crippen LogP contribution < -0.4 is 5.14 Å². The van der Waals surface area contributed by atoms with E-state index in [-0.39, 0.29) is 0 Å². The van der Waals surface area contributed by atoms with Crippen molar-refractivity contribution in [2.45, 2.75) is 29.4 Å². The Bertz CT molecular complexity index is 432. The first-order valence-electron chi connectivity index (χ1n) is 4.20. The summed E-state index contributed by atoms with van der Waals surface area (Å²) in [6.45, 7) is -1.75. The molecular formula is C6H7F8NO3S. The van der Waals surface area contributed by atoms with Gasteiger partial charge in [0.2, 0.25) is 0 Å². The van der Waals surface area contributed by atoms with Crippen LogP contribution in [-0.2, 0) is 10.0 Å². The van der Waals surface area contributed by atoms with Crippen molar-refractivity contribution in [3.8, 4) is 0 Å². The fourth-order valence-electron chi connectivity index (χ4n) is 1.03. The van der Waals surface area contributed by atoms with E-state index >= 15 is 0 Å². The Morgan fingerprint density at radius 1 is 0.895 bits per heavy atom. The number of aliphatic hydroxyl groups is 1. The second-order valence-electron chi connectivity index (χ2n) is 3.39. The molecular weight excluding hydrogens is 318 g/mol. The lowest BCUT2D eigenvalue weighted by Crippen LogP contribution is -2.66. The molecule has 0 bridgehead atoms. The van der Waals surface area contributed by atoms with Crippen LogP contribution in [0.1, 0.15) is 6.42 Å². The first-order valence-corrected chi connectivity index (χ1v) is 5.75. The summed E-state index contributed by atoms with van der Waals surface area (Å²) in [5.41, 5.74) is 0. The van der Waals surface area contributed by atoms with Crippen LogP contribution in [-0.4, -0.2) is 43.2 Å². The van der Waals surface area contributed by atoms with Gasteiger partial charge in [0.05, 0.1) is 0 Å². The smallest absolute Gasteiger partial charge is 0.396 e. The Morgan fingerprint density at radius 3 is 1.47 bits per heavy atom. The Balaban J connectivity index is 6.12. The maximum Gasteiger partial charge on any atom is 0.460 e. The Morgan fingerprint density at radius 2 is 1.26 bits per heavy atom. The first kappa shape index (κ1) is 18.3. The van der Waals surface area contributed by atoms with E-state index in [1.165, 1.54) is 0 Å². The predicted octanol–water partition coefficient (Wildman–Crippen LogP) is 1.16. The van der Waals surface area contributed by atoms with E-state index < -0.39 is 46.1 Å². The average molecular weight is 325 g/mol. The molecule has 0 radical (unpaired) electrons. The maximum absolute atomic E-state index is 13.5. The largest absolute Gasteiger partial charge is 0.460 e. The number of halogens is 8. The highest BCUT2D eigenvalue weighted by atomic mass is 32.2. The van der Waals surface area contributed by atoms with E-state index in [0.717, 1.165) is 0 Å². The van der Waals surface area contributed by atoms with Crippen LogP contribution in [0.3, 0.4) is 0 Å². The Hall–Kier alpha value is -0.690. The monoisotopic (exact) mass is 325 g/mol. The molecule has 0 fully saturated rings. The van der Waals surface area contributed by atoms with Crippen molar-refractivity contribution in [3.05, 3.63) is 0 Å². The van der Waals surface area contributed by atoms with E-state index in [4.69, 9.17) is 5.11 Å². The van der Waals surface area contributed by atoms with Gasteiger partial charge in [-0.25, -0.2) is 17.9 Å². The molecule has 0 aliphatic carbocycles. The molecule has 19 heavy (non-hydrogen) atoms. The van der Waals surface area contributed by atoms with Gasteiger partial charge >= 0.3 is 18.0 Å². The van der Waals surface area contributed by atoms with E-state index in [0.29, 0.717) is 0 Å². The zero-order valence-electron chi connectivity index (χ0n) is 8.69. The third-order valence-electron chi connectivity index (χ3n) is 2.10. The molecule has 1 unspecified atom stereocenters. The number of sulfonamides is 1. The van der Waals surface area contributed by atoms with Gasteiger partial charge < -0.3 is 5.11 Å². The van der Waals surface area contributed by atoms with Crippen LogP contribution in [0.4, 0.5) is 35.1 Å². The van der Waals surface area contributed by atoms with Crippen molar-refractivity contribution in [2.24, 2.45) is 5.14 Å². The van der Waals surface area contributed by atoms with Crippen molar-refractivity contribution in [3.63, 3.8) is 0 Å². The maximum atomic E-state index is 13.5. The molecule has 13 heteroatoms. The molecule has 0 aromatic rings. The van der Waals surface area contributed by atoms with Crippen molar-refractivity contribution in [1.29, 1.82) is 0 Å². The molecule has 0 saturated carbocycles. The summed E-state index contributed by atoms with van der Waals surface area (Å²) < 4.78 is 121. The van der Waals surface area contributed by atoms with E-state index in [2.05, 4.69) is 5.14 Å². The third-order valence-corrected chi connectivity index (χ3v) is 3.47. The molecule has 0 rings (SSSR count). The minimum Gasteiger partial charge on any atom is -0.396 e. The van der Waals surface area contributed by atoms with Gasteiger partial charge in [0, 0.05) is 13.0 Å². The first-order chi connectivity index (χ1) is 8.06. The molecule has 0 amide bonds.